The van der Waals surface area contributed by atoms with E-state index >= 15 is 4.39 Å². The Bertz CT molecular complexity index is 1780. The Morgan fingerprint density at radius 3 is 2.43 bits per heavy atom. The van der Waals surface area contributed by atoms with Crippen molar-refractivity contribution >= 4 is 23.4 Å². The number of halogens is 1. The number of likely N-dealkylation sites (N-methyl/N-ethyl adjacent to an activating group) is 1. The molecule has 12 heteroatoms. The lowest BCUT2D eigenvalue weighted by atomic mass is 9.97. The van der Waals surface area contributed by atoms with Crippen LogP contribution in [0.25, 0.3) is 11.3 Å². The molecule has 0 bridgehead atoms. The number of nitrogens with zero attached hydrogens (tertiary/aromatic N) is 5. The van der Waals surface area contributed by atoms with Crippen LogP contribution in [0.4, 0.5) is 26.5 Å². The lowest BCUT2D eigenvalue weighted by molar-refractivity contribution is 0.145. The number of hydrogen-bond donors (Lipinski definition) is 1. The smallest absolute Gasteiger partial charge is 0.420 e. The van der Waals surface area contributed by atoms with Crippen LogP contribution in [0.1, 0.15) is 23.1 Å². The van der Waals surface area contributed by atoms with E-state index in [2.05, 4.69) is 27.1 Å². The molecule has 1 aliphatic heterocycles. The molecule has 11 nitrogen and oxygen atoms in total. The molecule has 1 saturated heterocycles. The van der Waals surface area contributed by atoms with Crippen molar-refractivity contribution in [2.45, 2.75) is 27.2 Å². The molecule has 1 aliphatic rings. The Kier molecular flexibility index (Phi) is 11.5. The van der Waals surface area contributed by atoms with Gasteiger partial charge in [0.2, 0.25) is 11.8 Å². The minimum Gasteiger partial charge on any atom is -0.493 e. The summed E-state index contributed by atoms with van der Waals surface area (Å²) in [6.07, 6.45) is 0.0994. The fraction of sp³-hybridized carbons (Fsp3) is 0.378. The topological polar surface area (TPSA) is 102 Å². The van der Waals surface area contributed by atoms with Gasteiger partial charge in [-0.3, -0.25) is 4.90 Å². The molecule has 1 fully saturated rings. The molecule has 0 radical (unpaired) electrons. The number of benzene rings is 3. The summed E-state index contributed by atoms with van der Waals surface area (Å²) in [6.45, 7) is 11.6. The Morgan fingerprint density at radius 2 is 1.71 bits per heavy atom. The molecule has 2 heterocycles. The predicted octanol–water partition coefficient (Wildman–Crippen LogP) is 6.62. The van der Waals surface area contributed by atoms with E-state index in [4.69, 9.17) is 23.9 Å². The first kappa shape index (κ1) is 35.4. The highest BCUT2D eigenvalue weighted by Gasteiger charge is 2.22. The van der Waals surface area contributed by atoms with E-state index in [1.165, 1.54) is 25.2 Å². The summed E-state index contributed by atoms with van der Waals surface area (Å²) in [4.78, 5) is 28.6. The van der Waals surface area contributed by atoms with Gasteiger partial charge in [0, 0.05) is 63.2 Å². The van der Waals surface area contributed by atoms with Gasteiger partial charge in [-0.2, -0.15) is 4.98 Å². The third-order valence-corrected chi connectivity index (χ3v) is 8.91. The monoisotopic (exact) mass is 672 g/mol. The summed E-state index contributed by atoms with van der Waals surface area (Å²) < 4.78 is 37.6. The van der Waals surface area contributed by atoms with Crippen LogP contribution in [-0.2, 0) is 0 Å². The Morgan fingerprint density at radius 1 is 0.939 bits per heavy atom. The first-order valence-corrected chi connectivity index (χ1v) is 16.3. The second-order valence-corrected chi connectivity index (χ2v) is 12.2. The van der Waals surface area contributed by atoms with Gasteiger partial charge in [0.15, 0.2) is 23.1 Å². The van der Waals surface area contributed by atoms with Gasteiger partial charge in [-0.15, -0.1) is 0 Å². The summed E-state index contributed by atoms with van der Waals surface area (Å²) in [5.74, 6) is 0.644. The van der Waals surface area contributed by atoms with Crippen LogP contribution < -0.4 is 29.2 Å². The highest BCUT2D eigenvalue weighted by Crippen LogP contribution is 2.37. The van der Waals surface area contributed by atoms with Gasteiger partial charge in [-0.05, 0) is 75.2 Å². The number of amides is 1. The molecule has 3 aromatic carbocycles. The number of methoxy groups -OCH3 is 2. The van der Waals surface area contributed by atoms with Crippen LogP contribution >= 0.6 is 0 Å². The maximum absolute atomic E-state index is 15.2. The number of carbonyl (C=O) groups is 1. The number of hydrogen-bond acceptors (Lipinski definition) is 10. The summed E-state index contributed by atoms with van der Waals surface area (Å²) in [5, 5.41) is 3.08. The lowest BCUT2D eigenvalue weighted by Crippen LogP contribution is -2.44. The van der Waals surface area contributed by atoms with E-state index in [0.717, 1.165) is 61.4 Å². The van der Waals surface area contributed by atoms with Crippen LogP contribution in [0.5, 0.6) is 23.1 Å². The summed E-state index contributed by atoms with van der Waals surface area (Å²) in [7, 11) is 6.71. The first-order chi connectivity index (χ1) is 23.6. The Labute approximate surface area is 287 Å². The zero-order valence-electron chi connectivity index (χ0n) is 29.3. The first-order valence-electron chi connectivity index (χ1n) is 16.3. The third-order valence-electron chi connectivity index (χ3n) is 8.91. The number of nitrogens with one attached hydrogen (secondary N) is 1. The van der Waals surface area contributed by atoms with Gasteiger partial charge in [0.05, 0.1) is 32.2 Å². The number of rotatable bonds is 12. The molecule has 0 atom stereocenters. The average molecular weight is 673 g/mol. The fourth-order valence-electron chi connectivity index (χ4n) is 5.66. The van der Waals surface area contributed by atoms with E-state index in [0.29, 0.717) is 35.2 Å². The third kappa shape index (κ3) is 8.57. The van der Waals surface area contributed by atoms with Crippen molar-refractivity contribution in [1.82, 2.24) is 19.8 Å². The van der Waals surface area contributed by atoms with Gasteiger partial charge in [-0.1, -0.05) is 18.2 Å². The minimum absolute atomic E-state index is 0.00427. The predicted molar refractivity (Wildman–Crippen MR) is 189 cm³/mol. The molecule has 4 aromatic rings. The molecule has 1 aromatic heterocycles. The van der Waals surface area contributed by atoms with Crippen LogP contribution in [0.3, 0.4) is 0 Å². The molecule has 260 valence electrons. The number of anilines is 3. The molecule has 1 N–H and O–H groups in total. The second-order valence-electron chi connectivity index (χ2n) is 12.2. The number of piperazine rings is 1. The molecule has 5 rings (SSSR count). The molecule has 0 aliphatic carbocycles. The number of ether oxygens (including phenoxy) is 4. The van der Waals surface area contributed by atoms with Crippen molar-refractivity contribution in [3.63, 3.8) is 0 Å². The fourth-order valence-corrected chi connectivity index (χ4v) is 5.66. The van der Waals surface area contributed by atoms with Crippen molar-refractivity contribution in [1.29, 1.82) is 0 Å². The Hall–Kier alpha value is -4.94. The van der Waals surface area contributed by atoms with Gasteiger partial charge < -0.3 is 34.1 Å². The van der Waals surface area contributed by atoms with Crippen LogP contribution in [0, 0.1) is 26.6 Å². The Balaban J connectivity index is 1.35. The maximum Gasteiger partial charge on any atom is 0.420 e. The van der Waals surface area contributed by atoms with E-state index in [1.54, 1.807) is 43.4 Å². The average Bonchev–Trinajstić information content (AvgIpc) is 3.09. The van der Waals surface area contributed by atoms with E-state index in [9.17, 15) is 4.79 Å². The van der Waals surface area contributed by atoms with E-state index in [-0.39, 0.29) is 17.6 Å². The highest BCUT2D eigenvalue weighted by atomic mass is 19.1. The molecule has 0 saturated carbocycles. The number of para-hydroxylation sites is 1. The maximum atomic E-state index is 15.2. The molecule has 0 unspecified atom stereocenters. The normalized spacial score (nSPS) is 13.6. The number of aromatic nitrogens is 2. The molecule has 1 amide bonds. The summed E-state index contributed by atoms with van der Waals surface area (Å²) in [5.41, 5.74) is 5.53. The molecule has 49 heavy (non-hydrogen) atoms. The van der Waals surface area contributed by atoms with Crippen molar-refractivity contribution in [2.75, 3.05) is 77.9 Å². The van der Waals surface area contributed by atoms with Gasteiger partial charge >= 0.3 is 6.09 Å². The number of carbonyl (C=O) groups excluding carboxylic acids is 1. The van der Waals surface area contributed by atoms with Crippen LogP contribution in [-0.4, -0.2) is 93.5 Å². The minimum atomic E-state index is -0.709. The SMILES string of the molecule is COc1cccc(N(C)C(=O)Oc2cc(-c3ccc(C)c(C)c3C)nc(Nc3ccc(OCCCN4CCN(C)CC4)c(F)c3)n2)c1OC. The van der Waals surface area contributed by atoms with Gasteiger partial charge in [0.25, 0.3) is 0 Å². The van der Waals surface area contributed by atoms with Gasteiger partial charge in [0.1, 0.15) is 0 Å². The standard InChI is InChI=1S/C37H45FN6O5/c1-24-12-14-28(26(3)25(24)2)30-23-34(49-37(45)43(5)31-10-8-11-33(46-6)35(31)47-7)41-36(40-30)39-27-13-15-32(29(38)22-27)48-21-9-16-44-19-17-42(4)18-20-44/h8,10-15,22-23H,9,16-21H2,1-7H3,(H,39,40,41). The quantitative estimate of drug-likeness (QED) is 0.165. The van der Waals surface area contributed by atoms with Crippen molar-refractivity contribution in [3.05, 3.63) is 77.1 Å². The van der Waals surface area contributed by atoms with Crippen molar-refractivity contribution in [2.24, 2.45) is 0 Å². The molecular formula is C37H45FN6O5. The zero-order valence-corrected chi connectivity index (χ0v) is 29.3. The van der Waals surface area contributed by atoms with E-state index < -0.39 is 11.9 Å². The second kappa shape index (κ2) is 16.0. The van der Waals surface area contributed by atoms with Gasteiger partial charge in [-0.25, -0.2) is 14.2 Å². The van der Waals surface area contributed by atoms with E-state index in [1.807, 2.05) is 32.9 Å². The molecule has 0 spiro atoms. The van der Waals surface area contributed by atoms with Crippen LogP contribution in [0.15, 0.2) is 54.6 Å². The summed E-state index contributed by atoms with van der Waals surface area (Å²) in [6, 6.07) is 15.4. The summed E-state index contributed by atoms with van der Waals surface area (Å²) >= 11 is 0. The highest BCUT2D eigenvalue weighted by molar-refractivity contribution is 5.91. The van der Waals surface area contributed by atoms with Crippen molar-refractivity contribution < 1.29 is 28.1 Å². The van der Waals surface area contributed by atoms with Crippen LogP contribution in [0.2, 0.25) is 0 Å². The molecular weight excluding hydrogens is 627 g/mol. The van der Waals surface area contributed by atoms with Crippen molar-refractivity contribution in [3.8, 4) is 34.4 Å². The zero-order chi connectivity index (χ0) is 35.1. The largest absolute Gasteiger partial charge is 0.493 e. The number of aryl methyl sites for hydroxylation is 1. The lowest BCUT2D eigenvalue weighted by Gasteiger charge is -2.32.